The van der Waals surface area contributed by atoms with Gasteiger partial charge in [-0.1, -0.05) is 158 Å². The Kier molecular flexibility index (Phi) is 38.2. The zero-order valence-corrected chi connectivity index (χ0v) is 31.5. The largest absolute Gasteiger partial charge is 0.309 e. The number of hydrogen-bond donors (Lipinski definition) is 1. The van der Waals surface area contributed by atoms with Crippen LogP contribution in [0.4, 0.5) is 0 Å². The predicted molar refractivity (Wildman–Crippen MR) is 208 cm³/mol. The van der Waals surface area contributed by atoms with Crippen molar-refractivity contribution in [2.24, 2.45) is 0 Å². The number of allylic oxidation sites excluding steroid dienone is 8. The summed E-state index contributed by atoms with van der Waals surface area (Å²) in [5.74, 6) is 0. The van der Waals surface area contributed by atoms with E-state index in [0.29, 0.717) is 6.10 Å². The highest BCUT2D eigenvalue weighted by atomic mass is 16.7. The van der Waals surface area contributed by atoms with Crippen molar-refractivity contribution in [1.82, 2.24) is 10.4 Å². The van der Waals surface area contributed by atoms with Crippen LogP contribution in [-0.4, -0.2) is 31.6 Å². The molecule has 46 heavy (non-hydrogen) atoms. The van der Waals surface area contributed by atoms with Gasteiger partial charge in [0.25, 0.3) is 0 Å². The highest BCUT2D eigenvalue weighted by molar-refractivity contribution is 4.93. The minimum atomic E-state index is 0.329. The van der Waals surface area contributed by atoms with Crippen LogP contribution in [0.25, 0.3) is 0 Å². The van der Waals surface area contributed by atoms with Gasteiger partial charge in [-0.2, -0.15) is 0 Å². The van der Waals surface area contributed by atoms with Gasteiger partial charge in [0.1, 0.15) is 0 Å². The number of nitrogens with zero attached hydrogens (tertiary/aromatic N) is 1. The van der Waals surface area contributed by atoms with Gasteiger partial charge in [-0.05, 0) is 97.6 Å². The maximum Gasteiger partial charge on any atom is 0.0853 e. The highest BCUT2D eigenvalue weighted by Crippen LogP contribution is 2.17. The molecule has 0 aliphatic rings. The normalized spacial score (nSPS) is 13.2. The van der Waals surface area contributed by atoms with Gasteiger partial charge in [-0.3, -0.25) is 10.3 Å². The minimum Gasteiger partial charge on any atom is -0.309 e. The van der Waals surface area contributed by atoms with E-state index in [1.54, 1.807) is 0 Å². The molecule has 0 amide bonds. The van der Waals surface area contributed by atoms with Crippen molar-refractivity contribution < 1.29 is 4.84 Å². The summed E-state index contributed by atoms with van der Waals surface area (Å²) < 4.78 is 0. The van der Waals surface area contributed by atoms with E-state index < -0.39 is 0 Å². The molecule has 0 aromatic rings. The molecular weight excluding hydrogens is 560 g/mol. The Labute approximate surface area is 289 Å². The Morgan fingerprint density at radius 1 is 0.457 bits per heavy atom. The van der Waals surface area contributed by atoms with E-state index >= 15 is 0 Å². The summed E-state index contributed by atoms with van der Waals surface area (Å²) in [6.07, 6.45) is 58.0. The molecule has 0 spiro atoms. The first kappa shape index (κ1) is 44.4. The van der Waals surface area contributed by atoms with E-state index in [9.17, 15) is 0 Å². The van der Waals surface area contributed by atoms with Crippen molar-refractivity contribution in [3.05, 3.63) is 60.9 Å². The van der Waals surface area contributed by atoms with Crippen molar-refractivity contribution in [2.45, 2.75) is 193 Å². The second kappa shape index (κ2) is 39.6. The average molecular weight is 641 g/mol. The number of rotatable bonds is 36. The molecule has 0 heterocycles. The van der Waals surface area contributed by atoms with Gasteiger partial charge in [0.2, 0.25) is 0 Å². The molecule has 0 saturated carbocycles. The standard InChI is InChI=1S/C43H80N2O/c1-5-7-9-11-13-15-17-19-21-23-25-27-29-31-33-35-39-43(46-44-41-37-38-42-45(3)4)40-36-34-32-30-28-26-24-22-20-18-16-14-12-10-8-6-2/h13-16,19-22,37,41,43-44H,5-12,17-18,23-36,38-40,42H2,1-4H3/b15-13?,16-14?,21-19?,22-20?,41-37+. The molecule has 0 aliphatic carbocycles. The summed E-state index contributed by atoms with van der Waals surface area (Å²) in [6.45, 7) is 5.61. The van der Waals surface area contributed by atoms with Crippen LogP contribution in [0, 0.1) is 0 Å². The van der Waals surface area contributed by atoms with Crippen LogP contribution in [0.2, 0.25) is 0 Å². The third-order valence-electron chi connectivity index (χ3n) is 8.62. The molecule has 0 aromatic carbocycles. The number of hydrogen-bond acceptors (Lipinski definition) is 3. The number of unbranched alkanes of at least 4 members (excludes halogenated alkanes) is 18. The molecule has 3 heteroatoms. The average Bonchev–Trinajstić information content (AvgIpc) is 3.05. The van der Waals surface area contributed by atoms with Crippen LogP contribution in [-0.2, 0) is 4.84 Å². The summed E-state index contributed by atoms with van der Waals surface area (Å²) in [4.78, 5) is 8.34. The van der Waals surface area contributed by atoms with Crippen LogP contribution < -0.4 is 5.48 Å². The van der Waals surface area contributed by atoms with Crippen LogP contribution in [0.15, 0.2) is 60.9 Å². The lowest BCUT2D eigenvalue weighted by Gasteiger charge is -2.17. The molecule has 3 nitrogen and oxygen atoms in total. The van der Waals surface area contributed by atoms with Gasteiger partial charge < -0.3 is 4.90 Å². The molecule has 0 saturated heterocycles. The third kappa shape index (κ3) is 38.6. The lowest BCUT2D eigenvalue weighted by atomic mass is 10.0. The molecule has 0 bridgehead atoms. The van der Waals surface area contributed by atoms with Crippen molar-refractivity contribution in [3.8, 4) is 0 Å². The molecule has 1 N–H and O–H groups in total. The third-order valence-corrected chi connectivity index (χ3v) is 8.62. The van der Waals surface area contributed by atoms with Gasteiger partial charge in [-0.15, -0.1) is 0 Å². The molecule has 0 radical (unpaired) electrons. The summed E-state index contributed by atoms with van der Waals surface area (Å²) in [6, 6.07) is 0. The second-order valence-electron chi connectivity index (χ2n) is 13.6. The molecule has 0 aliphatic heterocycles. The Balaban J connectivity index is 3.97. The van der Waals surface area contributed by atoms with E-state index in [0.717, 1.165) is 25.8 Å². The van der Waals surface area contributed by atoms with E-state index in [1.165, 1.54) is 154 Å². The zero-order chi connectivity index (χ0) is 33.4. The predicted octanol–water partition coefficient (Wildman–Crippen LogP) is 13.7. The van der Waals surface area contributed by atoms with Gasteiger partial charge >= 0.3 is 0 Å². The summed E-state index contributed by atoms with van der Waals surface area (Å²) in [5.41, 5.74) is 3.15. The fraction of sp³-hybridized carbons (Fsp3) is 0.767. The monoisotopic (exact) mass is 641 g/mol. The molecule has 0 fully saturated rings. The summed E-state index contributed by atoms with van der Waals surface area (Å²) in [5, 5.41) is 0. The van der Waals surface area contributed by atoms with E-state index in [-0.39, 0.29) is 0 Å². The first-order valence-corrected chi connectivity index (χ1v) is 20.0. The van der Waals surface area contributed by atoms with E-state index in [2.05, 4.69) is 93.0 Å². The van der Waals surface area contributed by atoms with E-state index in [1.807, 2.05) is 6.20 Å². The Hall–Kier alpha value is -1.58. The van der Waals surface area contributed by atoms with Gasteiger partial charge in [0.15, 0.2) is 0 Å². The number of nitrogens with one attached hydrogen (secondary N) is 1. The lowest BCUT2D eigenvalue weighted by molar-refractivity contribution is -0.0130. The molecular formula is C43H80N2O. The minimum absolute atomic E-state index is 0.329. The van der Waals surface area contributed by atoms with Crippen LogP contribution in [0.3, 0.4) is 0 Å². The zero-order valence-electron chi connectivity index (χ0n) is 31.5. The number of hydroxylamine groups is 1. The molecule has 0 rings (SSSR count). The topological polar surface area (TPSA) is 24.5 Å². The lowest BCUT2D eigenvalue weighted by Crippen LogP contribution is -2.20. The molecule has 268 valence electrons. The van der Waals surface area contributed by atoms with Gasteiger partial charge in [0, 0.05) is 12.7 Å². The van der Waals surface area contributed by atoms with Gasteiger partial charge in [0.05, 0.1) is 6.10 Å². The van der Waals surface area contributed by atoms with Crippen LogP contribution in [0.5, 0.6) is 0 Å². The van der Waals surface area contributed by atoms with Crippen molar-refractivity contribution in [2.75, 3.05) is 20.6 Å². The molecule has 0 atom stereocenters. The van der Waals surface area contributed by atoms with Gasteiger partial charge in [-0.25, -0.2) is 0 Å². The molecule has 0 unspecified atom stereocenters. The quantitative estimate of drug-likeness (QED) is 0.0419. The first-order chi connectivity index (χ1) is 22.7. The molecule has 0 aromatic heterocycles. The Bertz CT molecular complexity index is 672. The van der Waals surface area contributed by atoms with Crippen molar-refractivity contribution in [1.29, 1.82) is 0 Å². The maximum atomic E-state index is 6.12. The summed E-state index contributed by atoms with van der Waals surface area (Å²) in [7, 11) is 4.24. The van der Waals surface area contributed by atoms with Crippen molar-refractivity contribution >= 4 is 0 Å². The van der Waals surface area contributed by atoms with E-state index in [4.69, 9.17) is 4.84 Å². The highest BCUT2D eigenvalue weighted by Gasteiger charge is 2.09. The SMILES string of the molecule is CCCCCC=CCC=CCCCCCCCCC(CCCCCCCCC=CCC=CCCCCC)ON/C=C/CCN(C)C. The Morgan fingerprint density at radius 2 is 0.848 bits per heavy atom. The summed E-state index contributed by atoms with van der Waals surface area (Å²) >= 11 is 0. The second-order valence-corrected chi connectivity index (χ2v) is 13.6. The van der Waals surface area contributed by atoms with Crippen molar-refractivity contribution in [3.63, 3.8) is 0 Å². The fourth-order valence-corrected chi connectivity index (χ4v) is 5.58. The smallest absolute Gasteiger partial charge is 0.0853 e. The first-order valence-electron chi connectivity index (χ1n) is 20.0. The van der Waals surface area contributed by atoms with Crippen LogP contribution in [0.1, 0.15) is 187 Å². The Morgan fingerprint density at radius 3 is 1.26 bits per heavy atom. The van der Waals surface area contributed by atoms with Crippen LogP contribution >= 0.6 is 0 Å². The maximum absolute atomic E-state index is 6.12. The fourth-order valence-electron chi connectivity index (χ4n) is 5.58.